The Bertz CT molecular complexity index is 807. The number of aryl methyl sites for hydroxylation is 2. The molecule has 0 saturated carbocycles. The molecular formula is C19H21BrN2O4. The molecule has 0 unspecified atom stereocenters. The molecule has 0 atom stereocenters. The molecule has 1 fully saturated rings. The van der Waals surface area contributed by atoms with Gasteiger partial charge in [-0.2, -0.15) is 0 Å². The number of furan rings is 1. The van der Waals surface area contributed by atoms with E-state index in [1.165, 1.54) is 0 Å². The van der Waals surface area contributed by atoms with E-state index in [1.807, 2.05) is 24.3 Å². The number of nitrogens with one attached hydrogen (secondary N) is 2. The standard InChI is InChI=1S/C19H21BrN2O4/c1-12-11-16(13(2)26-12)17(23)21-22-18(24)19(7-9-25-10-8-19)14-3-5-15(20)6-4-14/h3-6,11H,7-10H2,1-2H3,(H,21,23)(H,22,24). The normalized spacial score (nSPS) is 16.1. The molecule has 3 rings (SSSR count). The van der Waals surface area contributed by atoms with Crippen molar-refractivity contribution in [3.8, 4) is 0 Å². The maximum Gasteiger partial charge on any atom is 0.273 e. The number of rotatable bonds is 3. The number of benzene rings is 1. The summed E-state index contributed by atoms with van der Waals surface area (Å²) >= 11 is 3.42. The van der Waals surface area contributed by atoms with E-state index in [0.717, 1.165) is 10.0 Å². The largest absolute Gasteiger partial charge is 0.466 e. The van der Waals surface area contributed by atoms with Gasteiger partial charge in [0, 0.05) is 17.7 Å². The van der Waals surface area contributed by atoms with Gasteiger partial charge in [-0.3, -0.25) is 20.4 Å². The number of ether oxygens (including phenoxy) is 1. The van der Waals surface area contributed by atoms with Crippen LogP contribution in [0.15, 0.2) is 39.2 Å². The number of carbonyl (C=O) groups excluding carboxylic acids is 2. The summed E-state index contributed by atoms with van der Waals surface area (Å²) < 4.78 is 11.8. The first-order valence-electron chi connectivity index (χ1n) is 8.44. The van der Waals surface area contributed by atoms with Crippen molar-refractivity contribution in [1.82, 2.24) is 10.9 Å². The van der Waals surface area contributed by atoms with E-state index in [1.54, 1.807) is 19.9 Å². The van der Waals surface area contributed by atoms with Crippen molar-refractivity contribution in [2.45, 2.75) is 32.1 Å². The molecule has 0 aliphatic carbocycles. The molecule has 0 radical (unpaired) electrons. The number of hydrogen-bond acceptors (Lipinski definition) is 4. The SMILES string of the molecule is Cc1cc(C(=O)NNC(=O)C2(c3ccc(Br)cc3)CCOCC2)c(C)o1. The second-order valence-electron chi connectivity index (χ2n) is 6.44. The van der Waals surface area contributed by atoms with Crippen molar-refractivity contribution >= 4 is 27.7 Å². The maximum absolute atomic E-state index is 13.0. The smallest absolute Gasteiger partial charge is 0.273 e. The molecule has 138 valence electrons. The lowest BCUT2D eigenvalue weighted by molar-refractivity contribution is -0.131. The number of carbonyl (C=O) groups is 2. The van der Waals surface area contributed by atoms with E-state index >= 15 is 0 Å². The Hall–Kier alpha value is -2.12. The van der Waals surface area contributed by atoms with Crippen LogP contribution in [-0.2, 0) is 14.9 Å². The van der Waals surface area contributed by atoms with Crippen LogP contribution in [0.3, 0.4) is 0 Å². The van der Waals surface area contributed by atoms with Crippen LogP contribution in [0, 0.1) is 13.8 Å². The summed E-state index contributed by atoms with van der Waals surface area (Å²) in [6.45, 7) is 4.48. The highest BCUT2D eigenvalue weighted by Gasteiger charge is 2.42. The molecule has 2 heterocycles. The summed E-state index contributed by atoms with van der Waals surface area (Å²) in [6, 6.07) is 9.34. The van der Waals surface area contributed by atoms with Crippen molar-refractivity contribution in [1.29, 1.82) is 0 Å². The van der Waals surface area contributed by atoms with Gasteiger partial charge in [0.05, 0.1) is 11.0 Å². The minimum atomic E-state index is -0.729. The maximum atomic E-state index is 13.0. The lowest BCUT2D eigenvalue weighted by atomic mass is 9.73. The summed E-state index contributed by atoms with van der Waals surface area (Å²) in [7, 11) is 0. The Kier molecular flexibility index (Phi) is 5.48. The molecule has 0 bridgehead atoms. The zero-order valence-corrected chi connectivity index (χ0v) is 16.3. The fourth-order valence-electron chi connectivity index (χ4n) is 3.29. The van der Waals surface area contributed by atoms with Gasteiger partial charge in [-0.05, 0) is 50.5 Å². The Morgan fingerprint density at radius 1 is 1.08 bits per heavy atom. The van der Waals surface area contributed by atoms with Gasteiger partial charge in [0.2, 0.25) is 5.91 Å². The van der Waals surface area contributed by atoms with Crippen molar-refractivity contribution in [2.24, 2.45) is 0 Å². The third-order valence-electron chi connectivity index (χ3n) is 4.75. The third kappa shape index (κ3) is 3.68. The molecule has 1 aliphatic heterocycles. The van der Waals surface area contributed by atoms with Gasteiger partial charge in [-0.1, -0.05) is 28.1 Å². The summed E-state index contributed by atoms with van der Waals surface area (Å²) in [6.07, 6.45) is 1.11. The summed E-state index contributed by atoms with van der Waals surface area (Å²) in [4.78, 5) is 25.3. The zero-order valence-electron chi connectivity index (χ0n) is 14.7. The van der Waals surface area contributed by atoms with Crippen LogP contribution in [-0.4, -0.2) is 25.0 Å². The lowest BCUT2D eigenvalue weighted by Gasteiger charge is -2.36. The van der Waals surface area contributed by atoms with E-state index < -0.39 is 11.3 Å². The van der Waals surface area contributed by atoms with E-state index in [4.69, 9.17) is 9.15 Å². The summed E-state index contributed by atoms with van der Waals surface area (Å²) in [5, 5.41) is 0. The molecule has 7 heteroatoms. The van der Waals surface area contributed by atoms with Gasteiger partial charge in [0.15, 0.2) is 0 Å². The Labute approximate surface area is 160 Å². The van der Waals surface area contributed by atoms with Crippen LogP contribution in [0.1, 0.15) is 40.3 Å². The predicted octanol–water partition coefficient (Wildman–Crippen LogP) is 3.17. The van der Waals surface area contributed by atoms with Crippen LogP contribution in [0.5, 0.6) is 0 Å². The topological polar surface area (TPSA) is 80.6 Å². The van der Waals surface area contributed by atoms with Gasteiger partial charge < -0.3 is 9.15 Å². The minimum absolute atomic E-state index is 0.241. The predicted molar refractivity (Wildman–Crippen MR) is 99.7 cm³/mol. The first-order valence-corrected chi connectivity index (χ1v) is 9.23. The number of hydrogen-bond donors (Lipinski definition) is 2. The van der Waals surface area contributed by atoms with Crippen LogP contribution in [0.4, 0.5) is 0 Å². The fraction of sp³-hybridized carbons (Fsp3) is 0.368. The van der Waals surface area contributed by atoms with Crippen molar-refractivity contribution in [3.63, 3.8) is 0 Å². The number of amides is 2. The van der Waals surface area contributed by atoms with Crippen molar-refractivity contribution in [3.05, 3.63) is 57.5 Å². The Morgan fingerprint density at radius 3 is 2.31 bits per heavy atom. The average Bonchev–Trinajstić information content (AvgIpc) is 2.98. The monoisotopic (exact) mass is 420 g/mol. The Morgan fingerprint density at radius 2 is 1.73 bits per heavy atom. The highest BCUT2D eigenvalue weighted by atomic mass is 79.9. The van der Waals surface area contributed by atoms with Crippen LogP contribution in [0.25, 0.3) is 0 Å². The van der Waals surface area contributed by atoms with Crippen LogP contribution < -0.4 is 10.9 Å². The molecule has 2 amide bonds. The zero-order chi connectivity index (χ0) is 18.7. The van der Waals surface area contributed by atoms with Gasteiger partial charge >= 0.3 is 0 Å². The van der Waals surface area contributed by atoms with Crippen molar-refractivity contribution < 1.29 is 18.7 Å². The van der Waals surface area contributed by atoms with Gasteiger partial charge in [0.25, 0.3) is 5.91 Å². The quantitative estimate of drug-likeness (QED) is 0.747. The van der Waals surface area contributed by atoms with Crippen LogP contribution in [0.2, 0.25) is 0 Å². The van der Waals surface area contributed by atoms with Gasteiger partial charge in [-0.15, -0.1) is 0 Å². The fourth-order valence-corrected chi connectivity index (χ4v) is 3.56. The molecular weight excluding hydrogens is 400 g/mol. The molecule has 2 N–H and O–H groups in total. The first kappa shape index (κ1) is 18.7. The third-order valence-corrected chi connectivity index (χ3v) is 5.28. The second-order valence-corrected chi connectivity index (χ2v) is 7.35. The molecule has 1 aliphatic rings. The molecule has 6 nitrogen and oxygen atoms in total. The Balaban J connectivity index is 1.77. The average molecular weight is 421 g/mol. The molecule has 1 aromatic heterocycles. The van der Waals surface area contributed by atoms with E-state index in [-0.39, 0.29) is 5.91 Å². The molecule has 1 aromatic carbocycles. The first-order chi connectivity index (χ1) is 12.4. The number of halogens is 1. The number of hydrazine groups is 1. The van der Waals surface area contributed by atoms with Crippen LogP contribution >= 0.6 is 15.9 Å². The second kappa shape index (κ2) is 7.63. The molecule has 26 heavy (non-hydrogen) atoms. The van der Waals surface area contributed by atoms with Gasteiger partial charge in [-0.25, -0.2) is 0 Å². The highest BCUT2D eigenvalue weighted by Crippen LogP contribution is 2.35. The van der Waals surface area contributed by atoms with E-state index in [9.17, 15) is 9.59 Å². The molecule has 2 aromatic rings. The molecule has 0 spiro atoms. The van der Waals surface area contributed by atoms with E-state index in [2.05, 4.69) is 26.8 Å². The van der Waals surface area contributed by atoms with Gasteiger partial charge in [0.1, 0.15) is 11.5 Å². The van der Waals surface area contributed by atoms with E-state index in [0.29, 0.717) is 43.1 Å². The molecule has 1 saturated heterocycles. The summed E-state index contributed by atoms with van der Waals surface area (Å²) in [5.74, 6) is 0.526. The van der Waals surface area contributed by atoms with Crippen molar-refractivity contribution in [2.75, 3.05) is 13.2 Å². The summed E-state index contributed by atoms with van der Waals surface area (Å²) in [5.41, 5.74) is 5.69. The lowest BCUT2D eigenvalue weighted by Crippen LogP contribution is -2.53. The highest BCUT2D eigenvalue weighted by molar-refractivity contribution is 9.10. The minimum Gasteiger partial charge on any atom is -0.466 e.